The Morgan fingerprint density at radius 2 is 2.07 bits per heavy atom. The summed E-state index contributed by atoms with van der Waals surface area (Å²) in [6.45, 7) is -0.770. The molecule has 84 valence electrons. The second-order valence-electron chi connectivity index (χ2n) is 2.85. The lowest BCUT2D eigenvalue weighted by Gasteiger charge is -2.19. The maximum absolute atomic E-state index is 11.1. The van der Waals surface area contributed by atoms with Gasteiger partial charge in [-0.05, 0) is 0 Å². The molecule has 1 heterocycles. The van der Waals surface area contributed by atoms with Gasteiger partial charge in [-0.1, -0.05) is 0 Å². The van der Waals surface area contributed by atoms with E-state index in [1.165, 1.54) is 0 Å². The van der Waals surface area contributed by atoms with Gasteiger partial charge in [0, 0.05) is 0 Å². The van der Waals surface area contributed by atoms with Crippen LogP contribution in [0.15, 0.2) is 0 Å². The molecule has 0 spiro atoms. The van der Waals surface area contributed by atoms with Crippen LogP contribution in [0.1, 0.15) is 0 Å². The maximum Gasteiger partial charge on any atom is 0.634 e. The molecule has 1 rings (SSSR count). The summed E-state index contributed by atoms with van der Waals surface area (Å²) in [4.78, 5) is 21.9. The summed E-state index contributed by atoms with van der Waals surface area (Å²) in [5.74, 6) is -2.14. The summed E-state index contributed by atoms with van der Waals surface area (Å²) in [7, 11) is -2.22. The molecule has 15 heavy (non-hydrogen) atoms. The third-order valence-corrected chi connectivity index (χ3v) is 1.83. The van der Waals surface area contributed by atoms with Crippen molar-refractivity contribution < 1.29 is 39.2 Å². The van der Waals surface area contributed by atoms with Crippen LogP contribution in [0, 0.1) is 0 Å². The molecule has 4 N–H and O–H groups in total. The van der Waals surface area contributed by atoms with Gasteiger partial charge in [-0.2, -0.15) is 0 Å². The van der Waals surface area contributed by atoms with Crippen LogP contribution >= 0.6 is 0 Å². The predicted octanol–water partition coefficient (Wildman–Crippen LogP) is -3.81. The number of aliphatic hydroxyl groups is 2. The summed E-state index contributed by atoms with van der Waals surface area (Å²) >= 11 is 0. The summed E-state index contributed by atoms with van der Waals surface area (Å²) in [6.07, 6.45) is -4.86. The minimum absolute atomic E-state index is 0.770. The van der Waals surface area contributed by atoms with Crippen LogP contribution in [0.25, 0.3) is 0 Å². The number of cyclic esters (lactones) is 1. The lowest BCUT2D eigenvalue weighted by molar-refractivity contribution is -0.151. The minimum atomic E-state index is -2.22. The van der Waals surface area contributed by atoms with Gasteiger partial charge in [-0.3, -0.25) is 4.79 Å². The molecule has 1 aliphatic heterocycles. The van der Waals surface area contributed by atoms with E-state index in [-0.39, 0.29) is 0 Å². The molecule has 9 heteroatoms. The molecule has 1 aliphatic rings. The Hall–Kier alpha value is -0.995. The van der Waals surface area contributed by atoms with E-state index < -0.39 is 44.0 Å². The lowest BCUT2D eigenvalue weighted by atomic mass is 10.1. The number of hydrogen-bond acceptors (Lipinski definition) is 8. The molecule has 0 aromatic heterocycles. The van der Waals surface area contributed by atoms with Gasteiger partial charge in [-0.25, -0.2) is 4.79 Å². The number of rotatable bonds is 4. The zero-order valence-corrected chi connectivity index (χ0v) is 7.44. The van der Waals surface area contributed by atoms with Crippen molar-refractivity contribution in [2.75, 3.05) is 6.61 Å². The Labute approximate surface area is 84.2 Å². The maximum atomic E-state index is 11.1. The van der Waals surface area contributed by atoms with Gasteiger partial charge in [0.25, 0.3) is 0 Å². The first-order valence-electron chi connectivity index (χ1n) is 4.02. The smallest absolute Gasteiger partial charge is 0.449 e. The Morgan fingerprint density at radius 1 is 1.47 bits per heavy atom. The van der Waals surface area contributed by atoms with Gasteiger partial charge in [0.05, 0.1) is 6.61 Å². The second kappa shape index (κ2) is 4.68. The lowest BCUT2D eigenvalue weighted by Crippen LogP contribution is -2.42. The number of aliphatic hydroxyl groups excluding tert-OH is 2. The molecule has 3 atom stereocenters. The second-order valence-corrected chi connectivity index (χ2v) is 2.85. The molecule has 0 bridgehead atoms. The van der Waals surface area contributed by atoms with E-state index in [9.17, 15) is 9.59 Å². The molecule has 0 aliphatic carbocycles. The molecular formula is C6H9BO8. The van der Waals surface area contributed by atoms with Crippen molar-refractivity contribution in [2.24, 2.45) is 0 Å². The Kier molecular flexibility index (Phi) is 3.77. The van der Waals surface area contributed by atoms with Gasteiger partial charge in [-0.15, -0.1) is 0 Å². The monoisotopic (exact) mass is 220 g/mol. The van der Waals surface area contributed by atoms with Crippen LogP contribution in [-0.4, -0.2) is 64.3 Å². The number of ketones is 1. The molecular weight excluding hydrogens is 211 g/mol. The molecule has 0 aromatic rings. The third-order valence-electron chi connectivity index (χ3n) is 1.83. The summed E-state index contributed by atoms with van der Waals surface area (Å²) in [5.41, 5.74) is 0. The van der Waals surface area contributed by atoms with Crippen LogP contribution in [0.2, 0.25) is 0 Å². The molecule has 0 radical (unpaired) electrons. The fourth-order valence-electron chi connectivity index (χ4n) is 1.14. The largest absolute Gasteiger partial charge is 0.634 e. The zero-order valence-electron chi connectivity index (χ0n) is 7.44. The predicted molar refractivity (Wildman–Crippen MR) is 43.0 cm³/mol. The van der Waals surface area contributed by atoms with E-state index in [0.29, 0.717) is 0 Å². The number of carbonyl (C=O) groups is 2. The highest BCUT2D eigenvalue weighted by molar-refractivity contribution is 6.32. The fourth-order valence-corrected chi connectivity index (χ4v) is 1.14. The van der Waals surface area contributed by atoms with Crippen molar-refractivity contribution in [3.05, 3.63) is 0 Å². The number of carbonyl (C=O) groups excluding carboxylic acids is 2. The highest BCUT2D eigenvalue weighted by Gasteiger charge is 2.47. The Morgan fingerprint density at radius 3 is 2.40 bits per heavy atom. The summed E-state index contributed by atoms with van der Waals surface area (Å²) < 4.78 is 8.70. The van der Waals surface area contributed by atoms with Crippen molar-refractivity contribution in [2.45, 2.75) is 18.3 Å². The van der Waals surface area contributed by atoms with Crippen LogP contribution in [0.3, 0.4) is 0 Å². The first-order valence-corrected chi connectivity index (χ1v) is 4.02. The van der Waals surface area contributed by atoms with E-state index in [2.05, 4.69) is 9.39 Å². The summed E-state index contributed by atoms with van der Waals surface area (Å²) in [6, 6.07) is 0. The SMILES string of the molecule is O=C1O[C@H]([C@H](CO)OB(O)O)C(=O)C1O. The molecule has 0 amide bonds. The molecule has 8 nitrogen and oxygen atoms in total. The number of hydrogen-bond donors (Lipinski definition) is 4. The van der Waals surface area contributed by atoms with Crippen molar-refractivity contribution in [1.82, 2.24) is 0 Å². The zero-order chi connectivity index (χ0) is 11.6. The fraction of sp³-hybridized carbons (Fsp3) is 0.667. The van der Waals surface area contributed by atoms with E-state index in [1.807, 2.05) is 0 Å². The normalized spacial score (nSPS) is 27.7. The minimum Gasteiger partial charge on any atom is -0.449 e. The molecule has 1 saturated heterocycles. The Balaban J connectivity index is 2.70. The van der Waals surface area contributed by atoms with Crippen molar-refractivity contribution in [1.29, 1.82) is 0 Å². The quantitative estimate of drug-likeness (QED) is 0.215. The van der Waals surface area contributed by atoms with Crippen LogP contribution in [0.4, 0.5) is 0 Å². The van der Waals surface area contributed by atoms with Crippen molar-refractivity contribution in [3.63, 3.8) is 0 Å². The molecule has 1 unspecified atom stereocenters. The van der Waals surface area contributed by atoms with Gasteiger partial charge < -0.3 is 29.7 Å². The van der Waals surface area contributed by atoms with Crippen LogP contribution < -0.4 is 0 Å². The number of ether oxygens (including phenoxy) is 1. The summed E-state index contributed by atoms with van der Waals surface area (Å²) in [5, 5.41) is 34.6. The van der Waals surface area contributed by atoms with Gasteiger partial charge in [0.1, 0.15) is 6.10 Å². The average Bonchev–Trinajstić information content (AvgIpc) is 2.42. The highest BCUT2D eigenvalue weighted by atomic mass is 16.6. The van der Waals surface area contributed by atoms with Crippen LogP contribution in [-0.2, 0) is 19.0 Å². The third kappa shape index (κ3) is 2.52. The van der Waals surface area contributed by atoms with Gasteiger partial charge in [0.2, 0.25) is 11.9 Å². The number of Topliss-reactive ketones (excluding diaryl/α,β-unsaturated/α-hetero) is 1. The molecule has 0 saturated carbocycles. The van der Waals surface area contributed by atoms with E-state index in [0.717, 1.165) is 0 Å². The standard InChI is InChI=1S/C6H9BO8/c8-1-2(15-7(12)13)5-3(9)4(10)6(11)14-5/h2,4-5,8,10,12-13H,1H2/t2-,4?,5+/m0/s1. The van der Waals surface area contributed by atoms with Crippen molar-refractivity contribution in [3.8, 4) is 0 Å². The first-order chi connectivity index (χ1) is 6.97. The Bertz CT molecular complexity index is 266. The average molecular weight is 220 g/mol. The molecule has 0 aromatic carbocycles. The number of esters is 1. The van der Waals surface area contributed by atoms with Gasteiger partial charge >= 0.3 is 13.3 Å². The van der Waals surface area contributed by atoms with Crippen molar-refractivity contribution >= 4 is 19.1 Å². The van der Waals surface area contributed by atoms with E-state index in [1.54, 1.807) is 0 Å². The van der Waals surface area contributed by atoms with E-state index in [4.69, 9.17) is 20.3 Å². The topological polar surface area (TPSA) is 134 Å². The molecule has 1 fully saturated rings. The van der Waals surface area contributed by atoms with Gasteiger partial charge in [0.15, 0.2) is 6.10 Å². The van der Waals surface area contributed by atoms with E-state index >= 15 is 0 Å². The van der Waals surface area contributed by atoms with Crippen LogP contribution in [0.5, 0.6) is 0 Å². The highest BCUT2D eigenvalue weighted by Crippen LogP contribution is 2.16. The first kappa shape index (κ1) is 12.1.